The molecule has 28 heavy (non-hydrogen) atoms. The zero-order valence-corrected chi connectivity index (χ0v) is 16.8. The lowest BCUT2D eigenvalue weighted by Gasteiger charge is -2.15. The third-order valence-corrected chi connectivity index (χ3v) is 4.06. The molecule has 0 aromatic heterocycles. The number of hydrogen-bond donors (Lipinski definition) is 1. The minimum absolute atomic E-state index is 0.291. The average Bonchev–Trinajstić information content (AvgIpc) is 2.70. The average molecular weight is 385 g/mol. The van der Waals surface area contributed by atoms with Crippen molar-refractivity contribution in [3.05, 3.63) is 53.6 Å². The summed E-state index contributed by atoms with van der Waals surface area (Å²) in [5, 5.41) is 2.75. The van der Waals surface area contributed by atoms with Gasteiger partial charge in [0.1, 0.15) is 0 Å². The van der Waals surface area contributed by atoms with Crippen LogP contribution in [0.2, 0.25) is 0 Å². The van der Waals surface area contributed by atoms with E-state index in [1.165, 1.54) is 12.5 Å². The van der Waals surface area contributed by atoms with E-state index in [0.717, 1.165) is 6.42 Å². The summed E-state index contributed by atoms with van der Waals surface area (Å²) in [4.78, 5) is 24.7. The van der Waals surface area contributed by atoms with Gasteiger partial charge in [-0.1, -0.05) is 19.1 Å². The largest absolute Gasteiger partial charge is 0.490 e. The maximum absolute atomic E-state index is 12.4. The number of carbonyl (C=O) groups excluding carboxylic acids is 2. The van der Waals surface area contributed by atoms with E-state index >= 15 is 0 Å². The summed E-state index contributed by atoms with van der Waals surface area (Å²) < 4.78 is 16.3. The Kier molecular flexibility index (Phi) is 7.87. The van der Waals surface area contributed by atoms with Crippen LogP contribution in [0.25, 0.3) is 0 Å². The molecule has 1 N–H and O–H groups in total. The molecule has 0 spiro atoms. The first-order valence-corrected chi connectivity index (χ1v) is 9.48. The molecule has 0 unspecified atom stereocenters. The summed E-state index contributed by atoms with van der Waals surface area (Å²) in [6.45, 7) is 8.24. The van der Waals surface area contributed by atoms with Crippen molar-refractivity contribution in [3.63, 3.8) is 0 Å². The predicted octanol–water partition coefficient (Wildman–Crippen LogP) is 4.23. The Labute approximate surface area is 165 Å². The van der Waals surface area contributed by atoms with Gasteiger partial charge in [-0.3, -0.25) is 4.79 Å². The molecule has 0 aliphatic heterocycles. The van der Waals surface area contributed by atoms with Gasteiger partial charge < -0.3 is 19.5 Å². The van der Waals surface area contributed by atoms with Crippen LogP contribution in [-0.2, 0) is 16.0 Å². The molecule has 2 aromatic carbocycles. The number of anilines is 1. The van der Waals surface area contributed by atoms with E-state index in [4.69, 9.17) is 14.2 Å². The number of benzene rings is 2. The van der Waals surface area contributed by atoms with Crippen molar-refractivity contribution in [2.45, 2.75) is 40.2 Å². The topological polar surface area (TPSA) is 73.9 Å². The highest BCUT2D eigenvalue weighted by atomic mass is 16.5. The molecular weight excluding hydrogens is 358 g/mol. The normalized spacial score (nSPS) is 11.4. The highest BCUT2D eigenvalue weighted by molar-refractivity contribution is 5.97. The fourth-order valence-electron chi connectivity index (χ4n) is 2.53. The van der Waals surface area contributed by atoms with Gasteiger partial charge >= 0.3 is 5.97 Å². The van der Waals surface area contributed by atoms with Crippen LogP contribution in [0.5, 0.6) is 11.5 Å². The van der Waals surface area contributed by atoms with Gasteiger partial charge in [0, 0.05) is 5.69 Å². The molecule has 1 amide bonds. The Morgan fingerprint density at radius 2 is 1.57 bits per heavy atom. The van der Waals surface area contributed by atoms with Crippen LogP contribution in [0, 0.1) is 0 Å². The van der Waals surface area contributed by atoms with E-state index in [2.05, 4.69) is 12.2 Å². The minimum Gasteiger partial charge on any atom is -0.490 e. The highest BCUT2D eigenvalue weighted by Gasteiger charge is 2.20. The minimum atomic E-state index is -0.944. The van der Waals surface area contributed by atoms with Gasteiger partial charge in [0.2, 0.25) is 0 Å². The molecule has 0 bridgehead atoms. The first-order valence-electron chi connectivity index (χ1n) is 9.48. The number of amides is 1. The second-order valence-corrected chi connectivity index (χ2v) is 6.11. The summed E-state index contributed by atoms with van der Waals surface area (Å²) in [6, 6.07) is 12.3. The van der Waals surface area contributed by atoms with Crippen LogP contribution in [0.1, 0.15) is 43.6 Å². The number of esters is 1. The quantitative estimate of drug-likeness (QED) is 0.654. The maximum Gasteiger partial charge on any atom is 0.339 e. The molecule has 6 heteroatoms. The van der Waals surface area contributed by atoms with Gasteiger partial charge in [-0.05, 0) is 63.1 Å². The van der Waals surface area contributed by atoms with Crippen molar-refractivity contribution < 1.29 is 23.8 Å². The molecule has 1 atom stereocenters. The summed E-state index contributed by atoms with van der Waals surface area (Å²) in [7, 11) is 0. The van der Waals surface area contributed by atoms with E-state index in [1.807, 2.05) is 38.1 Å². The molecule has 0 saturated heterocycles. The zero-order valence-electron chi connectivity index (χ0n) is 16.8. The van der Waals surface area contributed by atoms with E-state index in [9.17, 15) is 9.59 Å². The van der Waals surface area contributed by atoms with E-state index in [0.29, 0.717) is 36.0 Å². The molecule has 0 fully saturated rings. The van der Waals surface area contributed by atoms with Crippen molar-refractivity contribution in [2.75, 3.05) is 18.5 Å². The van der Waals surface area contributed by atoms with Crippen molar-refractivity contribution in [1.82, 2.24) is 0 Å². The monoisotopic (exact) mass is 385 g/mol. The van der Waals surface area contributed by atoms with Crippen molar-refractivity contribution in [2.24, 2.45) is 0 Å². The van der Waals surface area contributed by atoms with Gasteiger partial charge in [-0.25, -0.2) is 4.79 Å². The first-order chi connectivity index (χ1) is 13.5. The van der Waals surface area contributed by atoms with Crippen LogP contribution in [0.3, 0.4) is 0 Å². The van der Waals surface area contributed by atoms with E-state index in [1.54, 1.807) is 18.2 Å². The standard InChI is InChI=1S/C22H27NO5/c1-5-16-8-11-18(12-9-16)23-21(24)15(4)28-22(25)17-10-13-19(26-6-2)20(14-17)27-7-3/h8-15H,5-7H2,1-4H3,(H,23,24)/t15-/m1/s1. The van der Waals surface area contributed by atoms with Crippen LogP contribution in [0.15, 0.2) is 42.5 Å². The number of aryl methyl sites for hydroxylation is 1. The smallest absolute Gasteiger partial charge is 0.339 e. The molecule has 2 aromatic rings. The van der Waals surface area contributed by atoms with Crippen molar-refractivity contribution in [1.29, 1.82) is 0 Å². The lowest BCUT2D eigenvalue weighted by molar-refractivity contribution is -0.123. The van der Waals surface area contributed by atoms with Crippen molar-refractivity contribution >= 4 is 17.6 Å². The highest BCUT2D eigenvalue weighted by Crippen LogP contribution is 2.29. The number of ether oxygens (including phenoxy) is 3. The first kappa shape index (κ1) is 21.3. The number of carbonyl (C=O) groups is 2. The summed E-state index contributed by atoms with van der Waals surface area (Å²) >= 11 is 0. The Hall–Kier alpha value is -3.02. The van der Waals surface area contributed by atoms with E-state index in [-0.39, 0.29) is 0 Å². The van der Waals surface area contributed by atoms with Crippen LogP contribution < -0.4 is 14.8 Å². The predicted molar refractivity (Wildman–Crippen MR) is 108 cm³/mol. The molecule has 0 radical (unpaired) electrons. The summed E-state index contributed by atoms with van der Waals surface area (Å²) in [5.74, 6) is 0.0238. The van der Waals surface area contributed by atoms with Gasteiger partial charge in [-0.2, -0.15) is 0 Å². The molecule has 2 rings (SSSR count). The van der Waals surface area contributed by atoms with Crippen LogP contribution in [0.4, 0.5) is 5.69 Å². The zero-order chi connectivity index (χ0) is 20.5. The molecule has 0 heterocycles. The summed E-state index contributed by atoms with van der Waals surface area (Å²) in [5.41, 5.74) is 2.13. The Bertz CT molecular complexity index is 801. The fraction of sp³-hybridized carbons (Fsp3) is 0.364. The maximum atomic E-state index is 12.4. The van der Waals surface area contributed by atoms with Gasteiger partial charge in [-0.15, -0.1) is 0 Å². The molecule has 0 aliphatic carbocycles. The molecular formula is C22H27NO5. The number of hydrogen-bond acceptors (Lipinski definition) is 5. The Balaban J connectivity index is 2.02. The SMILES string of the molecule is CCOc1ccc(C(=O)O[C@H](C)C(=O)Nc2ccc(CC)cc2)cc1OCC. The Morgan fingerprint density at radius 3 is 2.18 bits per heavy atom. The third kappa shape index (κ3) is 5.74. The fourth-order valence-corrected chi connectivity index (χ4v) is 2.53. The molecule has 6 nitrogen and oxygen atoms in total. The van der Waals surface area contributed by atoms with Gasteiger partial charge in [0.15, 0.2) is 17.6 Å². The number of nitrogens with one attached hydrogen (secondary N) is 1. The number of rotatable bonds is 9. The van der Waals surface area contributed by atoms with Crippen LogP contribution >= 0.6 is 0 Å². The third-order valence-electron chi connectivity index (χ3n) is 4.06. The van der Waals surface area contributed by atoms with Crippen LogP contribution in [-0.4, -0.2) is 31.2 Å². The molecule has 0 aliphatic rings. The van der Waals surface area contributed by atoms with Gasteiger partial charge in [0.05, 0.1) is 18.8 Å². The lowest BCUT2D eigenvalue weighted by Crippen LogP contribution is -2.30. The summed E-state index contributed by atoms with van der Waals surface area (Å²) in [6.07, 6.45) is -0.0194. The van der Waals surface area contributed by atoms with E-state index < -0.39 is 18.0 Å². The lowest BCUT2D eigenvalue weighted by atomic mass is 10.1. The van der Waals surface area contributed by atoms with Crippen molar-refractivity contribution in [3.8, 4) is 11.5 Å². The van der Waals surface area contributed by atoms with Gasteiger partial charge in [0.25, 0.3) is 5.91 Å². The molecule has 150 valence electrons. The molecule has 0 saturated carbocycles. The Morgan fingerprint density at radius 1 is 0.929 bits per heavy atom. The second kappa shape index (κ2) is 10.3. The second-order valence-electron chi connectivity index (χ2n) is 6.11.